The normalized spacial score (nSPS) is 13.6. The smallest absolute Gasteiger partial charge is 0.227 e. The largest absolute Gasteiger partial charge is 0.496 e. The van der Waals surface area contributed by atoms with Crippen LogP contribution in [0.25, 0.3) is 11.1 Å². The molecule has 0 unspecified atom stereocenters. The zero-order valence-corrected chi connectivity index (χ0v) is 18.2. The Morgan fingerprint density at radius 1 is 1.18 bits per heavy atom. The quantitative estimate of drug-likeness (QED) is 0.483. The Balaban J connectivity index is 1.79. The molecule has 0 fully saturated rings. The fourth-order valence-electron chi connectivity index (χ4n) is 3.75. The fraction of sp³-hybridized carbons (Fsp3) is 0.273. The first-order chi connectivity index (χ1) is 13.5. The van der Waals surface area contributed by atoms with E-state index >= 15 is 0 Å². The van der Waals surface area contributed by atoms with Crippen molar-refractivity contribution in [3.63, 3.8) is 0 Å². The second kappa shape index (κ2) is 7.58. The van der Waals surface area contributed by atoms with Gasteiger partial charge in [0.05, 0.1) is 30.6 Å². The Hall–Kier alpha value is -2.35. The summed E-state index contributed by atoms with van der Waals surface area (Å²) in [4.78, 5) is 14.6. The summed E-state index contributed by atoms with van der Waals surface area (Å²) < 4.78 is 12.2. The molecular formula is C22H21IN2O3. The van der Waals surface area contributed by atoms with Crippen LogP contribution < -0.4 is 9.64 Å². The summed E-state index contributed by atoms with van der Waals surface area (Å²) in [6.07, 6.45) is 1.22. The van der Waals surface area contributed by atoms with E-state index in [2.05, 4.69) is 58.1 Å². The number of anilines is 1. The number of carbonyl (C=O) groups is 1. The van der Waals surface area contributed by atoms with Crippen LogP contribution in [0, 0.1) is 17.4 Å². The Bertz CT molecular complexity index is 1020. The van der Waals surface area contributed by atoms with Gasteiger partial charge in [-0.3, -0.25) is 4.79 Å². The highest BCUT2D eigenvalue weighted by atomic mass is 127. The summed E-state index contributed by atoms with van der Waals surface area (Å²) in [7, 11) is 1.65. The highest BCUT2D eigenvalue weighted by molar-refractivity contribution is 14.1. The SMILES string of the molecule is COc1cc2c(cc1-c1c(C)noc1C)CCC(=O)N2Cc1ccc(I)cc1. The fourth-order valence-corrected chi connectivity index (χ4v) is 4.11. The Morgan fingerprint density at radius 3 is 2.57 bits per heavy atom. The lowest BCUT2D eigenvalue weighted by molar-refractivity contribution is -0.119. The van der Waals surface area contributed by atoms with E-state index < -0.39 is 0 Å². The van der Waals surface area contributed by atoms with E-state index in [-0.39, 0.29) is 5.91 Å². The third-order valence-electron chi connectivity index (χ3n) is 5.16. The summed E-state index contributed by atoms with van der Waals surface area (Å²) in [5.41, 5.74) is 5.92. The van der Waals surface area contributed by atoms with Gasteiger partial charge in [0.2, 0.25) is 5.91 Å². The summed E-state index contributed by atoms with van der Waals surface area (Å²) in [6, 6.07) is 12.4. The highest BCUT2D eigenvalue weighted by Gasteiger charge is 2.27. The van der Waals surface area contributed by atoms with Crippen molar-refractivity contribution in [1.82, 2.24) is 5.16 Å². The lowest BCUT2D eigenvalue weighted by Gasteiger charge is -2.30. The van der Waals surface area contributed by atoms with Crippen LogP contribution in [0.3, 0.4) is 0 Å². The Kier molecular flexibility index (Phi) is 5.14. The molecule has 1 aromatic heterocycles. The maximum Gasteiger partial charge on any atom is 0.227 e. The van der Waals surface area contributed by atoms with Gasteiger partial charge in [-0.05, 0) is 72.2 Å². The van der Waals surface area contributed by atoms with Crippen molar-refractivity contribution in [3.05, 3.63) is 62.5 Å². The van der Waals surface area contributed by atoms with E-state index in [1.54, 1.807) is 7.11 Å². The van der Waals surface area contributed by atoms with Gasteiger partial charge in [0.15, 0.2) is 0 Å². The van der Waals surface area contributed by atoms with Crippen molar-refractivity contribution in [2.24, 2.45) is 0 Å². The predicted octanol–water partition coefficient (Wildman–Crippen LogP) is 5.05. The third kappa shape index (κ3) is 3.41. The van der Waals surface area contributed by atoms with E-state index in [1.807, 2.05) is 24.8 Å². The first kappa shape index (κ1) is 19.0. The number of hydrogen-bond acceptors (Lipinski definition) is 4. The standard InChI is InChI=1S/C22H21IN2O3/c1-13-22(14(2)28-24-13)18-10-16-6-9-21(26)25(19(16)11-20(18)27-3)12-15-4-7-17(23)8-5-15/h4-5,7-8,10-11H,6,9,12H2,1-3H3. The number of aryl methyl sites for hydroxylation is 3. The molecule has 2 heterocycles. The minimum atomic E-state index is 0.137. The molecule has 1 aliphatic heterocycles. The molecule has 1 aliphatic rings. The van der Waals surface area contributed by atoms with Crippen molar-refractivity contribution >= 4 is 34.2 Å². The van der Waals surface area contributed by atoms with Crippen LogP contribution >= 0.6 is 22.6 Å². The van der Waals surface area contributed by atoms with Gasteiger partial charge in [0.1, 0.15) is 11.5 Å². The lowest BCUT2D eigenvalue weighted by atomic mass is 9.94. The molecule has 4 rings (SSSR count). The number of rotatable bonds is 4. The first-order valence-electron chi connectivity index (χ1n) is 9.17. The van der Waals surface area contributed by atoms with Gasteiger partial charge in [-0.15, -0.1) is 0 Å². The average Bonchev–Trinajstić information content (AvgIpc) is 3.03. The Labute approximate surface area is 177 Å². The molecule has 0 N–H and O–H groups in total. The number of aromatic nitrogens is 1. The van der Waals surface area contributed by atoms with Crippen LogP contribution in [0.5, 0.6) is 5.75 Å². The number of ether oxygens (including phenoxy) is 1. The monoisotopic (exact) mass is 488 g/mol. The molecular weight excluding hydrogens is 467 g/mol. The molecule has 2 aromatic carbocycles. The number of amides is 1. The lowest BCUT2D eigenvalue weighted by Crippen LogP contribution is -2.34. The van der Waals surface area contributed by atoms with Gasteiger partial charge in [0.25, 0.3) is 0 Å². The molecule has 3 aromatic rings. The molecule has 6 heteroatoms. The number of nitrogens with zero attached hydrogens (tertiary/aromatic N) is 2. The number of benzene rings is 2. The summed E-state index contributed by atoms with van der Waals surface area (Å²) in [5.74, 6) is 1.62. The maximum absolute atomic E-state index is 12.7. The molecule has 5 nitrogen and oxygen atoms in total. The predicted molar refractivity (Wildman–Crippen MR) is 117 cm³/mol. The molecule has 0 bridgehead atoms. The van der Waals surface area contributed by atoms with Crippen molar-refractivity contribution in [3.8, 4) is 16.9 Å². The minimum Gasteiger partial charge on any atom is -0.496 e. The highest BCUT2D eigenvalue weighted by Crippen LogP contribution is 2.41. The number of fused-ring (bicyclic) bond motifs is 1. The van der Waals surface area contributed by atoms with Gasteiger partial charge in [-0.25, -0.2) is 0 Å². The van der Waals surface area contributed by atoms with E-state index in [0.717, 1.165) is 51.6 Å². The zero-order chi connectivity index (χ0) is 19.8. The van der Waals surface area contributed by atoms with Crippen molar-refractivity contribution < 1.29 is 14.1 Å². The average molecular weight is 488 g/mol. The van der Waals surface area contributed by atoms with Crippen LogP contribution in [-0.4, -0.2) is 18.2 Å². The molecule has 0 saturated heterocycles. The van der Waals surface area contributed by atoms with Crippen molar-refractivity contribution in [2.45, 2.75) is 33.2 Å². The topological polar surface area (TPSA) is 55.6 Å². The van der Waals surface area contributed by atoms with E-state index in [4.69, 9.17) is 9.26 Å². The van der Waals surface area contributed by atoms with Gasteiger partial charge in [0, 0.05) is 21.6 Å². The number of methoxy groups -OCH3 is 1. The summed E-state index contributed by atoms with van der Waals surface area (Å²) in [6.45, 7) is 4.38. The van der Waals surface area contributed by atoms with E-state index in [9.17, 15) is 4.79 Å². The van der Waals surface area contributed by atoms with Crippen molar-refractivity contribution in [1.29, 1.82) is 0 Å². The first-order valence-corrected chi connectivity index (χ1v) is 10.2. The number of carbonyl (C=O) groups excluding carboxylic acids is 1. The molecule has 0 atom stereocenters. The maximum atomic E-state index is 12.7. The van der Waals surface area contributed by atoms with Crippen molar-refractivity contribution in [2.75, 3.05) is 12.0 Å². The summed E-state index contributed by atoms with van der Waals surface area (Å²) in [5, 5.41) is 4.07. The number of halogens is 1. The van der Waals surface area contributed by atoms with Crippen LogP contribution in [0.15, 0.2) is 40.9 Å². The second-order valence-electron chi connectivity index (χ2n) is 6.99. The van der Waals surface area contributed by atoms with Crippen LogP contribution in [-0.2, 0) is 17.8 Å². The minimum absolute atomic E-state index is 0.137. The molecule has 0 radical (unpaired) electrons. The van der Waals surface area contributed by atoms with Crippen LogP contribution in [0.4, 0.5) is 5.69 Å². The molecule has 28 heavy (non-hydrogen) atoms. The van der Waals surface area contributed by atoms with Gasteiger partial charge in [-0.2, -0.15) is 0 Å². The molecule has 144 valence electrons. The van der Waals surface area contributed by atoms with Gasteiger partial charge in [-0.1, -0.05) is 17.3 Å². The van der Waals surface area contributed by atoms with E-state index in [0.29, 0.717) is 13.0 Å². The Morgan fingerprint density at radius 2 is 1.93 bits per heavy atom. The molecule has 0 saturated carbocycles. The number of hydrogen-bond donors (Lipinski definition) is 0. The third-order valence-corrected chi connectivity index (χ3v) is 5.88. The molecule has 0 spiro atoms. The van der Waals surface area contributed by atoms with Crippen LogP contribution in [0.2, 0.25) is 0 Å². The molecule has 1 amide bonds. The van der Waals surface area contributed by atoms with Gasteiger partial charge >= 0.3 is 0 Å². The molecule has 0 aliphatic carbocycles. The van der Waals surface area contributed by atoms with Gasteiger partial charge < -0.3 is 14.2 Å². The second-order valence-corrected chi connectivity index (χ2v) is 8.23. The van der Waals surface area contributed by atoms with E-state index in [1.165, 1.54) is 3.57 Å². The zero-order valence-electron chi connectivity index (χ0n) is 16.1. The van der Waals surface area contributed by atoms with Crippen LogP contribution in [0.1, 0.15) is 29.0 Å². The summed E-state index contributed by atoms with van der Waals surface area (Å²) >= 11 is 2.28.